The molecule has 1 atom stereocenters. The zero-order valence-electron chi connectivity index (χ0n) is 14.3. The molecule has 0 aliphatic heterocycles. The van der Waals surface area contributed by atoms with Crippen LogP contribution in [0.25, 0.3) is 0 Å². The van der Waals surface area contributed by atoms with E-state index in [4.69, 9.17) is 46.4 Å². The van der Waals surface area contributed by atoms with E-state index in [1.165, 1.54) is 42.5 Å². The summed E-state index contributed by atoms with van der Waals surface area (Å²) in [5.41, 5.74) is -0.162. The summed E-state index contributed by atoms with van der Waals surface area (Å²) in [6, 6.07) is 11.8. The standard InChI is InChI=1S/C19H12Cl4O5S/c20-13-3-1-2-10(6-13)19(29(26,27)28,11-4-5-14(21)15(22)7-11)12-8-16(24)18(23)17(25)9-12/h1-9,24-25H,(H,26,27,28). The van der Waals surface area contributed by atoms with Gasteiger partial charge in [-0.3, -0.25) is 4.55 Å². The fourth-order valence-electron chi connectivity index (χ4n) is 3.17. The maximum Gasteiger partial charge on any atom is 0.283 e. The van der Waals surface area contributed by atoms with Crippen LogP contribution in [-0.2, 0) is 14.9 Å². The minimum atomic E-state index is -5.00. The average molecular weight is 494 g/mol. The fourth-order valence-corrected chi connectivity index (χ4v) is 5.03. The van der Waals surface area contributed by atoms with Crippen molar-refractivity contribution in [2.75, 3.05) is 0 Å². The van der Waals surface area contributed by atoms with E-state index in [0.29, 0.717) is 0 Å². The Kier molecular flexibility index (Phi) is 5.98. The zero-order valence-corrected chi connectivity index (χ0v) is 18.1. The average Bonchev–Trinajstić information content (AvgIpc) is 2.62. The van der Waals surface area contributed by atoms with E-state index in [9.17, 15) is 23.2 Å². The van der Waals surface area contributed by atoms with Crippen LogP contribution in [0.15, 0.2) is 54.6 Å². The van der Waals surface area contributed by atoms with Gasteiger partial charge < -0.3 is 10.2 Å². The van der Waals surface area contributed by atoms with Crippen molar-refractivity contribution < 1.29 is 23.2 Å². The molecule has 0 aliphatic rings. The van der Waals surface area contributed by atoms with Gasteiger partial charge in [-0.2, -0.15) is 8.42 Å². The van der Waals surface area contributed by atoms with E-state index >= 15 is 0 Å². The smallest absolute Gasteiger partial charge is 0.283 e. The molecule has 0 aliphatic carbocycles. The Bertz CT molecular complexity index is 1190. The molecule has 0 saturated heterocycles. The zero-order chi connectivity index (χ0) is 21.6. The SMILES string of the molecule is O=S(=O)(O)C(c1cccc(Cl)c1)(c1cc(O)c(Cl)c(O)c1)c1ccc(Cl)c(Cl)c1. The van der Waals surface area contributed by atoms with Crippen molar-refractivity contribution in [3.63, 3.8) is 0 Å². The van der Waals surface area contributed by atoms with Crippen LogP contribution in [0.2, 0.25) is 20.1 Å². The Hall–Kier alpha value is -1.67. The molecule has 0 heterocycles. The Balaban J connectivity index is 2.56. The fraction of sp³-hybridized carbons (Fsp3) is 0.0526. The molecule has 3 rings (SSSR count). The van der Waals surface area contributed by atoms with Crippen molar-refractivity contribution >= 4 is 56.5 Å². The van der Waals surface area contributed by atoms with Crippen molar-refractivity contribution in [2.45, 2.75) is 4.75 Å². The van der Waals surface area contributed by atoms with E-state index in [0.717, 1.165) is 12.1 Å². The predicted octanol–water partition coefficient (Wildman–Crippen LogP) is 5.89. The Morgan fingerprint density at radius 1 is 0.724 bits per heavy atom. The molecule has 5 nitrogen and oxygen atoms in total. The molecule has 0 radical (unpaired) electrons. The number of rotatable bonds is 4. The molecule has 10 heteroatoms. The molecule has 3 aromatic carbocycles. The molecule has 3 N–H and O–H groups in total. The molecule has 0 saturated carbocycles. The summed E-state index contributed by atoms with van der Waals surface area (Å²) in [4.78, 5) is 0. The first kappa shape index (κ1) is 22.0. The molecule has 0 aromatic heterocycles. The van der Waals surface area contributed by atoms with Gasteiger partial charge >= 0.3 is 0 Å². The first-order valence-electron chi connectivity index (χ1n) is 7.89. The lowest BCUT2D eigenvalue weighted by atomic mass is 9.83. The highest BCUT2D eigenvalue weighted by Gasteiger charge is 2.49. The Morgan fingerprint density at radius 2 is 1.31 bits per heavy atom. The highest BCUT2D eigenvalue weighted by atomic mass is 35.5. The maximum absolute atomic E-state index is 12.9. The van der Waals surface area contributed by atoms with Crippen molar-refractivity contribution in [1.29, 1.82) is 0 Å². The first-order chi connectivity index (χ1) is 13.5. The van der Waals surface area contributed by atoms with Crippen molar-refractivity contribution in [3.05, 3.63) is 91.4 Å². The van der Waals surface area contributed by atoms with Crippen LogP contribution >= 0.6 is 46.4 Å². The van der Waals surface area contributed by atoms with Gasteiger partial charge in [0.25, 0.3) is 10.1 Å². The summed E-state index contributed by atoms with van der Waals surface area (Å²) in [6.07, 6.45) is 0. The molecular weight excluding hydrogens is 482 g/mol. The normalized spacial score (nSPS) is 13.8. The van der Waals surface area contributed by atoms with E-state index in [1.54, 1.807) is 0 Å². The number of benzene rings is 3. The van der Waals surface area contributed by atoms with Crippen LogP contribution in [-0.4, -0.2) is 23.2 Å². The van der Waals surface area contributed by atoms with Gasteiger partial charge in [0.15, 0.2) is 4.75 Å². The van der Waals surface area contributed by atoms with Gasteiger partial charge in [-0.1, -0.05) is 64.6 Å². The second-order valence-electron chi connectivity index (χ2n) is 6.12. The van der Waals surface area contributed by atoms with Gasteiger partial charge in [-0.05, 0) is 53.1 Å². The Morgan fingerprint density at radius 3 is 1.83 bits per heavy atom. The van der Waals surface area contributed by atoms with Gasteiger partial charge in [0.1, 0.15) is 16.5 Å². The van der Waals surface area contributed by atoms with E-state index in [-0.39, 0.29) is 36.8 Å². The monoisotopic (exact) mass is 492 g/mol. The lowest BCUT2D eigenvalue weighted by Gasteiger charge is -2.33. The van der Waals surface area contributed by atoms with Crippen LogP contribution in [0.1, 0.15) is 16.7 Å². The number of hydrogen-bond donors (Lipinski definition) is 3. The predicted molar refractivity (Wildman–Crippen MR) is 114 cm³/mol. The van der Waals surface area contributed by atoms with E-state index in [2.05, 4.69) is 0 Å². The minimum Gasteiger partial charge on any atom is -0.506 e. The summed E-state index contributed by atoms with van der Waals surface area (Å²) >= 11 is 24.0. The number of phenols is 2. The summed E-state index contributed by atoms with van der Waals surface area (Å²) in [5.74, 6) is -1.17. The van der Waals surface area contributed by atoms with Crippen LogP contribution in [0.5, 0.6) is 11.5 Å². The molecule has 152 valence electrons. The first-order valence-corrected chi connectivity index (χ1v) is 10.8. The minimum absolute atomic E-state index is 0.00205. The topological polar surface area (TPSA) is 94.8 Å². The second-order valence-corrected chi connectivity index (χ2v) is 9.32. The molecule has 3 aromatic rings. The third-order valence-electron chi connectivity index (χ3n) is 4.38. The molecule has 0 amide bonds. The van der Waals surface area contributed by atoms with Crippen molar-refractivity contribution in [3.8, 4) is 11.5 Å². The van der Waals surface area contributed by atoms with Gasteiger partial charge in [0, 0.05) is 5.02 Å². The maximum atomic E-state index is 12.9. The summed E-state index contributed by atoms with van der Waals surface area (Å²) in [5, 5.41) is 20.2. The third-order valence-corrected chi connectivity index (χ3v) is 7.23. The van der Waals surface area contributed by atoms with Gasteiger partial charge in [0.05, 0.1) is 10.0 Å². The van der Waals surface area contributed by atoms with Gasteiger partial charge in [-0.15, -0.1) is 0 Å². The number of phenolic OH excluding ortho intramolecular Hbond substituents is 2. The largest absolute Gasteiger partial charge is 0.506 e. The molecule has 0 bridgehead atoms. The van der Waals surface area contributed by atoms with Gasteiger partial charge in [-0.25, -0.2) is 0 Å². The summed E-state index contributed by atoms with van der Waals surface area (Å²) < 4.78 is 34.0. The third kappa shape index (κ3) is 3.77. The van der Waals surface area contributed by atoms with Crippen molar-refractivity contribution in [1.82, 2.24) is 0 Å². The summed E-state index contributed by atoms with van der Waals surface area (Å²) in [6.45, 7) is 0. The van der Waals surface area contributed by atoms with E-state index < -0.39 is 26.4 Å². The van der Waals surface area contributed by atoms with Crippen LogP contribution in [0, 0.1) is 0 Å². The molecule has 1 unspecified atom stereocenters. The molecule has 0 fully saturated rings. The van der Waals surface area contributed by atoms with Crippen LogP contribution < -0.4 is 0 Å². The number of aromatic hydroxyl groups is 2. The molecule has 0 spiro atoms. The summed E-state index contributed by atoms with van der Waals surface area (Å²) in [7, 11) is -5.00. The van der Waals surface area contributed by atoms with E-state index in [1.807, 2.05) is 0 Å². The van der Waals surface area contributed by atoms with Crippen LogP contribution in [0.4, 0.5) is 0 Å². The molecular formula is C19H12Cl4O5S. The van der Waals surface area contributed by atoms with Gasteiger partial charge in [0.2, 0.25) is 0 Å². The molecule has 29 heavy (non-hydrogen) atoms. The number of halogens is 4. The quantitative estimate of drug-likeness (QED) is 0.311. The van der Waals surface area contributed by atoms with Crippen molar-refractivity contribution in [2.24, 2.45) is 0 Å². The van der Waals surface area contributed by atoms with Crippen LogP contribution in [0.3, 0.4) is 0 Å². The lowest BCUT2D eigenvalue weighted by Crippen LogP contribution is -2.38. The number of hydrogen-bond acceptors (Lipinski definition) is 4. The Labute approximate surface area is 186 Å². The second kappa shape index (κ2) is 7.87. The lowest BCUT2D eigenvalue weighted by molar-refractivity contribution is 0.444. The highest BCUT2D eigenvalue weighted by molar-refractivity contribution is 7.87. The highest BCUT2D eigenvalue weighted by Crippen LogP contribution is 2.48.